The first-order valence-electron chi connectivity index (χ1n) is 9.10. The standard InChI is InChI=1S/C22H19FN2O2S2/c1-13-9-15(7-8-18(13)23)10-24-21(26)20-17(12-29-22-25-14(2)11-28-22)16-5-3-4-6-19(16)27-20/h3-9,11H,10,12H2,1-2H3,(H,24,26). The second-order valence-corrected chi connectivity index (χ2v) is 8.80. The maximum absolute atomic E-state index is 13.5. The first kappa shape index (κ1) is 19.7. The molecule has 4 nitrogen and oxygen atoms in total. The minimum atomic E-state index is -0.283. The number of furan rings is 1. The highest BCUT2D eigenvalue weighted by molar-refractivity contribution is 8.00. The lowest BCUT2D eigenvalue weighted by Crippen LogP contribution is -2.23. The number of nitrogens with zero attached hydrogens (tertiary/aromatic N) is 1. The van der Waals surface area contributed by atoms with E-state index in [0.29, 0.717) is 29.2 Å². The highest BCUT2D eigenvalue weighted by Gasteiger charge is 2.21. The lowest BCUT2D eigenvalue weighted by molar-refractivity contribution is 0.0924. The van der Waals surface area contributed by atoms with Crippen LogP contribution in [0.15, 0.2) is 56.6 Å². The number of aromatic nitrogens is 1. The van der Waals surface area contributed by atoms with Crippen LogP contribution in [0.3, 0.4) is 0 Å². The summed E-state index contributed by atoms with van der Waals surface area (Å²) >= 11 is 3.18. The van der Waals surface area contributed by atoms with Crippen LogP contribution < -0.4 is 5.32 Å². The summed E-state index contributed by atoms with van der Waals surface area (Å²) in [6, 6.07) is 12.5. The molecule has 7 heteroatoms. The molecule has 2 heterocycles. The Morgan fingerprint density at radius 1 is 1.24 bits per heavy atom. The zero-order valence-electron chi connectivity index (χ0n) is 16.0. The number of carbonyl (C=O) groups is 1. The van der Waals surface area contributed by atoms with Gasteiger partial charge in [0.25, 0.3) is 5.91 Å². The number of amides is 1. The van der Waals surface area contributed by atoms with Crippen molar-refractivity contribution in [3.8, 4) is 0 Å². The van der Waals surface area contributed by atoms with Gasteiger partial charge in [-0.25, -0.2) is 9.37 Å². The summed E-state index contributed by atoms with van der Waals surface area (Å²) in [5.41, 5.74) is 3.91. The van der Waals surface area contributed by atoms with Crippen LogP contribution >= 0.6 is 23.1 Å². The van der Waals surface area contributed by atoms with Crippen LogP contribution in [0.4, 0.5) is 4.39 Å². The molecule has 0 bridgehead atoms. The van der Waals surface area contributed by atoms with Crippen LogP contribution in [0.2, 0.25) is 0 Å². The minimum absolute atomic E-state index is 0.255. The normalized spacial score (nSPS) is 11.1. The minimum Gasteiger partial charge on any atom is -0.451 e. The molecule has 0 radical (unpaired) electrons. The number of hydrogen-bond acceptors (Lipinski definition) is 5. The second kappa shape index (κ2) is 8.39. The van der Waals surface area contributed by atoms with Crippen molar-refractivity contribution >= 4 is 40.0 Å². The zero-order chi connectivity index (χ0) is 20.4. The van der Waals surface area contributed by atoms with Crippen molar-refractivity contribution in [2.45, 2.75) is 30.5 Å². The molecule has 1 amide bonds. The average molecular weight is 427 g/mol. The van der Waals surface area contributed by atoms with Crippen LogP contribution in [0.1, 0.15) is 32.9 Å². The van der Waals surface area contributed by atoms with Crippen molar-refractivity contribution in [3.05, 3.63) is 81.8 Å². The molecule has 0 atom stereocenters. The topological polar surface area (TPSA) is 55.1 Å². The number of aryl methyl sites for hydroxylation is 2. The number of nitrogens with one attached hydrogen (secondary N) is 1. The van der Waals surface area contributed by atoms with E-state index < -0.39 is 0 Å². The number of halogens is 1. The quantitative estimate of drug-likeness (QED) is 0.392. The molecule has 0 aliphatic rings. The van der Waals surface area contributed by atoms with Gasteiger partial charge in [-0.2, -0.15) is 0 Å². The number of thioether (sulfide) groups is 1. The van der Waals surface area contributed by atoms with Crippen LogP contribution in [0.5, 0.6) is 0 Å². The van der Waals surface area contributed by atoms with Crippen molar-refractivity contribution in [3.63, 3.8) is 0 Å². The Morgan fingerprint density at radius 2 is 2.07 bits per heavy atom. The number of hydrogen-bond donors (Lipinski definition) is 1. The van der Waals surface area contributed by atoms with Gasteiger partial charge in [-0.15, -0.1) is 11.3 Å². The molecular formula is C22H19FN2O2S2. The van der Waals surface area contributed by atoms with E-state index in [2.05, 4.69) is 10.3 Å². The number of carbonyl (C=O) groups excluding carboxylic acids is 1. The Labute approximate surface area is 176 Å². The third-order valence-corrected chi connectivity index (χ3v) is 6.68. The van der Waals surface area contributed by atoms with Gasteiger partial charge in [-0.1, -0.05) is 42.1 Å². The predicted molar refractivity (Wildman–Crippen MR) is 115 cm³/mol. The summed E-state index contributed by atoms with van der Waals surface area (Å²) in [6.45, 7) is 3.97. The van der Waals surface area contributed by atoms with E-state index in [1.54, 1.807) is 42.2 Å². The lowest BCUT2D eigenvalue weighted by atomic mass is 10.1. The first-order valence-corrected chi connectivity index (χ1v) is 11.0. The molecule has 0 spiro atoms. The van der Waals surface area contributed by atoms with Gasteiger partial charge in [0, 0.05) is 34.3 Å². The molecule has 4 aromatic rings. The number of thiazole rings is 1. The number of para-hydroxylation sites is 1. The van der Waals surface area contributed by atoms with Crippen molar-refractivity contribution in [2.24, 2.45) is 0 Å². The maximum Gasteiger partial charge on any atom is 0.287 e. The summed E-state index contributed by atoms with van der Waals surface area (Å²) in [6.07, 6.45) is 0. The third kappa shape index (κ3) is 4.36. The largest absolute Gasteiger partial charge is 0.451 e. The van der Waals surface area contributed by atoms with E-state index in [1.165, 1.54) is 6.07 Å². The fourth-order valence-electron chi connectivity index (χ4n) is 3.04. The number of fused-ring (bicyclic) bond motifs is 1. The van der Waals surface area contributed by atoms with Gasteiger partial charge in [0.05, 0.1) is 0 Å². The van der Waals surface area contributed by atoms with Gasteiger partial charge in [0.2, 0.25) is 0 Å². The maximum atomic E-state index is 13.5. The molecule has 1 N–H and O–H groups in total. The monoisotopic (exact) mass is 426 g/mol. The van der Waals surface area contributed by atoms with Gasteiger partial charge in [0.15, 0.2) is 5.76 Å². The number of rotatable bonds is 6. The first-order chi connectivity index (χ1) is 14.0. The molecule has 2 aromatic carbocycles. The second-order valence-electron chi connectivity index (χ2n) is 6.72. The molecule has 148 valence electrons. The molecule has 0 aliphatic carbocycles. The van der Waals surface area contributed by atoms with E-state index >= 15 is 0 Å². The van der Waals surface area contributed by atoms with E-state index in [1.807, 2.05) is 36.6 Å². The van der Waals surface area contributed by atoms with Crippen LogP contribution in [-0.2, 0) is 12.3 Å². The Morgan fingerprint density at radius 3 is 2.83 bits per heavy atom. The molecule has 4 rings (SSSR count). The van der Waals surface area contributed by atoms with Crippen molar-refractivity contribution < 1.29 is 13.6 Å². The highest BCUT2D eigenvalue weighted by atomic mass is 32.2. The summed E-state index contributed by atoms with van der Waals surface area (Å²) in [4.78, 5) is 17.4. The molecule has 0 saturated heterocycles. The molecule has 0 fully saturated rings. The van der Waals surface area contributed by atoms with E-state index in [-0.39, 0.29) is 11.7 Å². The van der Waals surface area contributed by atoms with Gasteiger partial charge < -0.3 is 9.73 Å². The fraction of sp³-hybridized carbons (Fsp3) is 0.182. The molecular weight excluding hydrogens is 407 g/mol. The summed E-state index contributed by atoms with van der Waals surface area (Å²) in [7, 11) is 0. The lowest BCUT2D eigenvalue weighted by Gasteiger charge is -2.07. The van der Waals surface area contributed by atoms with Crippen LogP contribution in [0, 0.1) is 19.7 Å². The molecule has 2 aromatic heterocycles. The summed E-state index contributed by atoms with van der Waals surface area (Å²) in [5.74, 6) is 0.358. The van der Waals surface area contributed by atoms with Crippen molar-refractivity contribution in [1.82, 2.24) is 10.3 Å². The Kier molecular flexibility index (Phi) is 5.69. The predicted octanol–water partition coefficient (Wildman–Crippen LogP) is 5.87. The molecule has 0 aliphatic heterocycles. The van der Waals surface area contributed by atoms with Gasteiger partial charge >= 0.3 is 0 Å². The summed E-state index contributed by atoms with van der Waals surface area (Å²) < 4.78 is 20.3. The summed E-state index contributed by atoms with van der Waals surface area (Å²) in [5, 5.41) is 5.82. The van der Waals surface area contributed by atoms with E-state index in [9.17, 15) is 9.18 Å². The SMILES string of the molecule is Cc1csc(SCc2c(C(=O)NCc3ccc(F)c(C)c3)oc3ccccc23)n1. The molecule has 29 heavy (non-hydrogen) atoms. The fourth-order valence-corrected chi connectivity index (χ4v) is 4.91. The Balaban J connectivity index is 1.56. The number of benzene rings is 2. The van der Waals surface area contributed by atoms with E-state index in [0.717, 1.165) is 26.5 Å². The third-order valence-electron chi connectivity index (χ3n) is 4.52. The van der Waals surface area contributed by atoms with Crippen LogP contribution in [0.25, 0.3) is 11.0 Å². The molecule has 0 unspecified atom stereocenters. The average Bonchev–Trinajstić information content (AvgIpc) is 3.30. The zero-order valence-corrected chi connectivity index (χ0v) is 17.6. The van der Waals surface area contributed by atoms with Gasteiger partial charge in [0.1, 0.15) is 15.7 Å². The van der Waals surface area contributed by atoms with Crippen molar-refractivity contribution in [2.75, 3.05) is 0 Å². The highest BCUT2D eigenvalue weighted by Crippen LogP contribution is 2.33. The Hall–Kier alpha value is -2.64. The molecule has 0 saturated carbocycles. The van der Waals surface area contributed by atoms with Crippen molar-refractivity contribution in [1.29, 1.82) is 0 Å². The van der Waals surface area contributed by atoms with E-state index in [4.69, 9.17) is 4.42 Å². The smallest absolute Gasteiger partial charge is 0.287 e. The van der Waals surface area contributed by atoms with Gasteiger partial charge in [-0.3, -0.25) is 4.79 Å². The van der Waals surface area contributed by atoms with Gasteiger partial charge in [-0.05, 0) is 37.1 Å². The van der Waals surface area contributed by atoms with Crippen LogP contribution in [-0.4, -0.2) is 10.9 Å². The Bertz CT molecular complexity index is 1180.